The second-order valence-electron chi connectivity index (χ2n) is 4.84. The highest BCUT2D eigenvalue weighted by Gasteiger charge is 2.20. The molecule has 1 heterocycles. The van der Waals surface area contributed by atoms with E-state index in [9.17, 15) is 0 Å². The predicted octanol–water partition coefficient (Wildman–Crippen LogP) is 0.938. The number of anilines is 1. The summed E-state index contributed by atoms with van der Waals surface area (Å²) in [4.78, 5) is 4.62. The highest BCUT2D eigenvalue weighted by molar-refractivity contribution is 5.56. The summed E-state index contributed by atoms with van der Waals surface area (Å²) < 4.78 is 0. The molecule has 0 spiro atoms. The van der Waals surface area contributed by atoms with Crippen LogP contribution in [0.25, 0.3) is 0 Å². The molecule has 3 heteroatoms. The molecular formula is C13H21N3. The van der Waals surface area contributed by atoms with E-state index in [0.717, 1.165) is 26.1 Å². The lowest BCUT2D eigenvalue weighted by molar-refractivity contribution is 0.408. The van der Waals surface area contributed by atoms with Gasteiger partial charge in [0.1, 0.15) is 0 Å². The molecule has 3 nitrogen and oxygen atoms in total. The molecule has 0 aliphatic carbocycles. The van der Waals surface area contributed by atoms with E-state index < -0.39 is 0 Å². The fourth-order valence-electron chi connectivity index (χ4n) is 2.25. The van der Waals surface area contributed by atoms with Crippen molar-refractivity contribution in [3.63, 3.8) is 0 Å². The third-order valence-electron chi connectivity index (χ3n) is 3.09. The Balaban J connectivity index is 2.13. The van der Waals surface area contributed by atoms with Crippen molar-refractivity contribution in [3.05, 3.63) is 29.8 Å². The lowest BCUT2D eigenvalue weighted by atomic mass is 9.98. The Morgan fingerprint density at radius 2 is 2.12 bits per heavy atom. The van der Waals surface area contributed by atoms with Gasteiger partial charge in [0.15, 0.2) is 0 Å². The molecule has 0 saturated carbocycles. The molecular weight excluding hydrogens is 198 g/mol. The van der Waals surface area contributed by atoms with E-state index in [1.54, 1.807) is 0 Å². The van der Waals surface area contributed by atoms with Gasteiger partial charge >= 0.3 is 0 Å². The van der Waals surface area contributed by atoms with Gasteiger partial charge < -0.3 is 15.5 Å². The normalized spacial score (nSPS) is 20.0. The maximum absolute atomic E-state index is 6.09. The fraction of sp³-hybridized carbons (Fsp3) is 0.538. The van der Waals surface area contributed by atoms with Crippen LogP contribution in [0.2, 0.25) is 0 Å². The van der Waals surface area contributed by atoms with Crippen molar-refractivity contribution < 1.29 is 0 Å². The van der Waals surface area contributed by atoms with E-state index in [2.05, 4.69) is 48.2 Å². The number of hydrogen-bond donors (Lipinski definition) is 1. The first-order valence-electron chi connectivity index (χ1n) is 5.90. The van der Waals surface area contributed by atoms with Gasteiger partial charge in [-0.3, -0.25) is 0 Å². The van der Waals surface area contributed by atoms with E-state index in [4.69, 9.17) is 5.73 Å². The molecule has 2 N–H and O–H groups in total. The Kier molecular flexibility index (Phi) is 3.46. The van der Waals surface area contributed by atoms with Gasteiger partial charge in [-0.15, -0.1) is 0 Å². The fourth-order valence-corrected chi connectivity index (χ4v) is 2.25. The third-order valence-corrected chi connectivity index (χ3v) is 3.09. The molecule has 1 aliphatic heterocycles. The average molecular weight is 219 g/mol. The van der Waals surface area contributed by atoms with Crippen molar-refractivity contribution in [2.45, 2.75) is 12.5 Å². The molecule has 1 unspecified atom stereocenters. The highest BCUT2D eigenvalue weighted by atomic mass is 15.2. The van der Waals surface area contributed by atoms with Crippen molar-refractivity contribution in [2.24, 2.45) is 5.73 Å². The zero-order valence-electron chi connectivity index (χ0n) is 10.2. The Morgan fingerprint density at radius 3 is 2.88 bits per heavy atom. The highest BCUT2D eigenvalue weighted by Crippen LogP contribution is 2.25. The van der Waals surface area contributed by atoms with E-state index in [1.807, 2.05) is 0 Å². The van der Waals surface area contributed by atoms with Crippen LogP contribution in [-0.4, -0.2) is 44.7 Å². The van der Waals surface area contributed by atoms with Crippen molar-refractivity contribution in [1.82, 2.24) is 4.90 Å². The van der Waals surface area contributed by atoms with Crippen LogP contribution in [0.4, 0.5) is 5.69 Å². The van der Waals surface area contributed by atoms with Gasteiger partial charge in [-0.1, -0.05) is 18.2 Å². The van der Waals surface area contributed by atoms with Crippen molar-refractivity contribution in [1.29, 1.82) is 0 Å². The van der Waals surface area contributed by atoms with Crippen LogP contribution in [0.1, 0.15) is 5.56 Å². The Hall–Kier alpha value is -1.06. The van der Waals surface area contributed by atoms with E-state index in [1.165, 1.54) is 11.3 Å². The molecule has 1 atom stereocenters. The summed E-state index contributed by atoms with van der Waals surface area (Å²) in [6, 6.07) is 8.88. The van der Waals surface area contributed by atoms with Crippen LogP contribution in [-0.2, 0) is 6.42 Å². The summed E-state index contributed by atoms with van der Waals surface area (Å²) in [5, 5.41) is 0. The van der Waals surface area contributed by atoms with Crippen LogP contribution < -0.4 is 10.6 Å². The first-order valence-corrected chi connectivity index (χ1v) is 5.90. The van der Waals surface area contributed by atoms with Gasteiger partial charge in [0, 0.05) is 31.4 Å². The smallest absolute Gasteiger partial charge is 0.0400 e. The number of nitrogens with two attached hydrogens (primary N) is 1. The van der Waals surface area contributed by atoms with E-state index in [0.29, 0.717) is 0 Å². The molecule has 1 aromatic carbocycles. The standard InChI is InChI=1S/C13H21N3/c1-15(2)7-8-16-10-12(14)9-11-5-3-4-6-13(11)16/h3-6,12H,7-10,14H2,1-2H3. The topological polar surface area (TPSA) is 32.5 Å². The van der Waals surface area contributed by atoms with Crippen LogP contribution >= 0.6 is 0 Å². The van der Waals surface area contributed by atoms with Gasteiger partial charge in [-0.05, 0) is 32.1 Å². The number of benzene rings is 1. The van der Waals surface area contributed by atoms with Gasteiger partial charge in [-0.25, -0.2) is 0 Å². The average Bonchev–Trinajstić information content (AvgIpc) is 2.25. The van der Waals surface area contributed by atoms with Crippen molar-refractivity contribution in [3.8, 4) is 0 Å². The lowest BCUT2D eigenvalue weighted by Crippen LogP contribution is -2.45. The van der Waals surface area contributed by atoms with Crippen LogP contribution in [0.5, 0.6) is 0 Å². The molecule has 2 rings (SSSR count). The lowest BCUT2D eigenvalue weighted by Gasteiger charge is -2.35. The monoisotopic (exact) mass is 219 g/mol. The molecule has 0 fully saturated rings. The zero-order chi connectivity index (χ0) is 11.5. The predicted molar refractivity (Wildman–Crippen MR) is 68.9 cm³/mol. The van der Waals surface area contributed by atoms with Crippen LogP contribution in [0, 0.1) is 0 Å². The zero-order valence-corrected chi connectivity index (χ0v) is 10.2. The number of fused-ring (bicyclic) bond motifs is 1. The SMILES string of the molecule is CN(C)CCN1CC(N)Cc2ccccc21. The maximum Gasteiger partial charge on any atom is 0.0400 e. The molecule has 0 bridgehead atoms. The summed E-state index contributed by atoms with van der Waals surface area (Å²) in [5.74, 6) is 0. The van der Waals surface area contributed by atoms with Crippen LogP contribution in [0.15, 0.2) is 24.3 Å². The summed E-state index contributed by atoms with van der Waals surface area (Å²) in [6.45, 7) is 3.10. The first-order chi connectivity index (χ1) is 7.66. The van der Waals surface area contributed by atoms with Crippen LogP contribution in [0.3, 0.4) is 0 Å². The molecule has 0 aromatic heterocycles. The molecule has 1 aliphatic rings. The van der Waals surface area contributed by atoms with E-state index in [-0.39, 0.29) is 6.04 Å². The van der Waals surface area contributed by atoms with Crippen molar-refractivity contribution in [2.75, 3.05) is 38.6 Å². The minimum atomic E-state index is 0.275. The first kappa shape index (κ1) is 11.4. The molecule has 16 heavy (non-hydrogen) atoms. The quantitative estimate of drug-likeness (QED) is 0.821. The largest absolute Gasteiger partial charge is 0.368 e. The summed E-state index contributed by atoms with van der Waals surface area (Å²) in [7, 11) is 4.21. The maximum atomic E-state index is 6.09. The Labute approximate surface area is 97.8 Å². The number of para-hydroxylation sites is 1. The minimum absolute atomic E-state index is 0.275. The molecule has 1 aromatic rings. The molecule has 0 amide bonds. The molecule has 0 radical (unpaired) electrons. The summed E-state index contributed by atoms with van der Waals surface area (Å²) in [5.41, 5.74) is 8.85. The summed E-state index contributed by atoms with van der Waals surface area (Å²) >= 11 is 0. The third kappa shape index (κ3) is 2.54. The second-order valence-corrected chi connectivity index (χ2v) is 4.84. The molecule has 0 saturated heterocycles. The Morgan fingerprint density at radius 1 is 1.38 bits per heavy atom. The second kappa shape index (κ2) is 4.85. The number of likely N-dealkylation sites (N-methyl/N-ethyl adjacent to an activating group) is 1. The van der Waals surface area contributed by atoms with Crippen molar-refractivity contribution >= 4 is 5.69 Å². The number of hydrogen-bond acceptors (Lipinski definition) is 3. The van der Waals surface area contributed by atoms with Gasteiger partial charge in [0.2, 0.25) is 0 Å². The Bertz CT molecular complexity index is 349. The minimum Gasteiger partial charge on any atom is -0.368 e. The summed E-state index contributed by atoms with van der Waals surface area (Å²) in [6.07, 6.45) is 1.01. The number of rotatable bonds is 3. The van der Waals surface area contributed by atoms with E-state index >= 15 is 0 Å². The van der Waals surface area contributed by atoms with Gasteiger partial charge in [0.05, 0.1) is 0 Å². The van der Waals surface area contributed by atoms with Gasteiger partial charge in [-0.2, -0.15) is 0 Å². The molecule has 88 valence electrons. The van der Waals surface area contributed by atoms with Gasteiger partial charge in [0.25, 0.3) is 0 Å². The number of nitrogens with zero attached hydrogens (tertiary/aromatic N) is 2.